The minimum atomic E-state index is -1.03. The van der Waals surface area contributed by atoms with Crippen LogP contribution in [0.2, 0.25) is 0 Å². The topological polar surface area (TPSA) is 101 Å². The molecule has 4 aromatic rings. The number of benzene rings is 3. The molecule has 2 heterocycles. The fourth-order valence-corrected chi connectivity index (χ4v) is 4.36. The van der Waals surface area contributed by atoms with E-state index in [0.29, 0.717) is 11.3 Å². The molecule has 3 aromatic carbocycles. The van der Waals surface area contributed by atoms with Crippen LogP contribution in [0.4, 0.5) is 20.6 Å². The molecule has 0 spiro atoms. The molecule has 3 amide bonds. The van der Waals surface area contributed by atoms with Gasteiger partial charge in [0.2, 0.25) is 0 Å². The SMILES string of the molecule is Cc1cccc(CN2C(=O)OC(c3ccc(NC(=O)c4ccco4)cc3)C2C(=O)Nc2cccc(F)c2)c1. The van der Waals surface area contributed by atoms with Gasteiger partial charge in [0.15, 0.2) is 17.9 Å². The van der Waals surface area contributed by atoms with Crippen LogP contribution in [0.1, 0.15) is 33.3 Å². The maximum Gasteiger partial charge on any atom is 0.411 e. The van der Waals surface area contributed by atoms with Gasteiger partial charge in [-0.05, 0) is 60.5 Å². The lowest BCUT2D eigenvalue weighted by atomic mass is 10.00. The molecule has 0 aliphatic carbocycles. The van der Waals surface area contributed by atoms with Crippen molar-refractivity contribution in [2.24, 2.45) is 0 Å². The third-order valence-electron chi connectivity index (χ3n) is 6.12. The highest BCUT2D eigenvalue weighted by Crippen LogP contribution is 2.35. The third kappa shape index (κ3) is 5.41. The molecule has 5 rings (SSSR count). The summed E-state index contributed by atoms with van der Waals surface area (Å²) in [7, 11) is 0. The Morgan fingerprint density at radius 1 is 0.921 bits per heavy atom. The maximum absolute atomic E-state index is 13.7. The number of furan rings is 1. The first-order valence-electron chi connectivity index (χ1n) is 11.9. The largest absolute Gasteiger partial charge is 0.459 e. The lowest BCUT2D eigenvalue weighted by Gasteiger charge is -2.24. The van der Waals surface area contributed by atoms with Crippen molar-refractivity contribution in [1.29, 1.82) is 0 Å². The van der Waals surface area contributed by atoms with Crippen LogP contribution < -0.4 is 10.6 Å². The summed E-state index contributed by atoms with van der Waals surface area (Å²) in [5, 5.41) is 5.43. The Labute approximate surface area is 218 Å². The van der Waals surface area contributed by atoms with Gasteiger partial charge in [0.1, 0.15) is 5.82 Å². The van der Waals surface area contributed by atoms with Crippen molar-refractivity contribution in [2.45, 2.75) is 25.6 Å². The molecular weight excluding hydrogens is 489 g/mol. The van der Waals surface area contributed by atoms with E-state index in [1.165, 1.54) is 29.4 Å². The monoisotopic (exact) mass is 513 g/mol. The first-order chi connectivity index (χ1) is 18.4. The van der Waals surface area contributed by atoms with Crippen LogP contribution in [-0.4, -0.2) is 28.8 Å². The number of anilines is 2. The van der Waals surface area contributed by atoms with E-state index in [0.717, 1.165) is 11.1 Å². The van der Waals surface area contributed by atoms with Crippen molar-refractivity contribution in [1.82, 2.24) is 4.90 Å². The van der Waals surface area contributed by atoms with E-state index < -0.39 is 35.9 Å². The maximum atomic E-state index is 13.7. The summed E-state index contributed by atoms with van der Waals surface area (Å²) >= 11 is 0. The number of hydrogen-bond acceptors (Lipinski definition) is 5. The Kier molecular flexibility index (Phi) is 6.90. The summed E-state index contributed by atoms with van der Waals surface area (Å²) in [5.41, 5.74) is 3.17. The van der Waals surface area contributed by atoms with Gasteiger partial charge in [-0.3, -0.25) is 14.5 Å². The summed E-state index contributed by atoms with van der Waals surface area (Å²) in [5.74, 6) is -1.26. The predicted octanol–water partition coefficient (Wildman–Crippen LogP) is 5.68. The van der Waals surface area contributed by atoms with Crippen molar-refractivity contribution in [2.75, 3.05) is 10.6 Å². The molecule has 0 saturated carbocycles. The van der Waals surface area contributed by atoms with Crippen molar-refractivity contribution >= 4 is 29.3 Å². The van der Waals surface area contributed by atoms with E-state index in [2.05, 4.69) is 10.6 Å². The van der Waals surface area contributed by atoms with Gasteiger partial charge in [-0.15, -0.1) is 0 Å². The molecule has 9 heteroatoms. The van der Waals surface area contributed by atoms with Crippen LogP contribution in [0.15, 0.2) is 95.6 Å². The Morgan fingerprint density at radius 3 is 2.42 bits per heavy atom. The molecule has 0 radical (unpaired) electrons. The van der Waals surface area contributed by atoms with E-state index >= 15 is 0 Å². The number of rotatable bonds is 7. The van der Waals surface area contributed by atoms with Crippen LogP contribution in [0.5, 0.6) is 0 Å². The fourth-order valence-electron chi connectivity index (χ4n) is 4.36. The summed E-state index contributed by atoms with van der Waals surface area (Å²) in [4.78, 5) is 40.1. The summed E-state index contributed by atoms with van der Waals surface area (Å²) < 4.78 is 24.5. The van der Waals surface area contributed by atoms with Crippen LogP contribution in [0.3, 0.4) is 0 Å². The number of nitrogens with zero attached hydrogens (tertiary/aromatic N) is 1. The van der Waals surface area contributed by atoms with Gasteiger partial charge in [-0.2, -0.15) is 0 Å². The van der Waals surface area contributed by atoms with E-state index in [1.807, 2.05) is 31.2 Å². The summed E-state index contributed by atoms with van der Waals surface area (Å²) in [6, 6.07) is 21.9. The molecule has 1 aromatic heterocycles. The molecule has 8 nitrogen and oxygen atoms in total. The van der Waals surface area contributed by atoms with Crippen LogP contribution in [0, 0.1) is 12.7 Å². The van der Waals surface area contributed by atoms with Gasteiger partial charge in [0.25, 0.3) is 11.8 Å². The Balaban J connectivity index is 1.41. The molecule has 2 atom stereocenters. The molecule has 2 unspecified atom stereocenters. The third-order valence-corrected chi connectivity index (χ3v) is 6.12. The number of carbonyl (C=O) groups excluding carboxylic acids is 3. The highest BCUT2D eigenvalue weighted by Gasteiger charge is 2.47. The number of aryl methyl sites for hydroxylation is 1. The molecule has 1 saturated heterocycles. The van der Waals surface area contributed by atoms with E-state index in [4.69, 9.17) is 9.15 Å². The van der Waals surface area contributed by atoms with Crippen molar-refractivity contribution in [3.05, 3.63) is 119 Å². The van der Waals surface area contributed by atoms with Gasteiger partial charge in [-0.1, -0.05) is 48.0 Å². The molecule has 38 heavy (non-hydrogen) atoms. The van der Waals surface area contributed by atoms with Crippen molar-refractivity contribution < 1.29 is 27.9 Å². The lowest BCUT2D eigenvalue weighted by molar-refractivity contribution is -0.121. The Bertz CT molecular complexity index is 1470. The second kappa shape index (κ2) is 10.6. The zero-order valence-corrected chi connectivity index (χ0v) is 20.4. The molecule has 1 fully saturated rings. The fraction of sp³-hybridized carbons (Fsp3) is 0.138. The second-order valence-electron chi connectivity index (χ2n) is 8.92. The van der Waals surface area contributed by atoms with Gasteiger partial charge in [0, 0.05) is 11.4 Å². The first kappa shape index (κ1) is 24.8. The average molecular weight is 514 g/mol. The van der Waals surface area contributed by atoms with Crippen LogP contribution in [-0.2, 0) is 16.1 Å². The number of cyclic esters (lactones) is 1. The minimum absolute atomic E-state index is 0.148. The molecular formula is C29H24FN3O5. The van der Waals surface area contributed by atoms with Gasteiger partial charge >= 0.3 is 6.09 Å². The number of halogens is 1. The molecule has 1 aliphatic heterocycles. The van der Waals surface area contributed by atoms with E-state index in [-0.39, 0.29) is 18.0 Å². The highest BCUT2D eigenvalue weighted by molar-refractivity contribution is 6.02. The predicted molar refractivity (Wildman–Crippen MR) is 138 cm³/mol. The van der Waals surface area contributed by atoms with Gasteiger partial charge in [-0.25, -0.2) is 9.18 Å². The quantitative estimate of drug-likeness (QED) is 0.331. The zero-order chi connectivity index (χ0) is 26.6. The second-order valence-corrected chi connectivity index (χ2v) is 8.92. The molecule has 2 N–H and O–H groups in total. The Morgan fingerprint density at radius 2 is 1.71 bits per heavy atom. The lowest BCUT2D eigenvalue weighted by Crippen LogP contribution is -2.43. The smallest absolute Gasteiger partial charge is 0.411 e. The minimum Gasteiger partial charge on any atom is -0.459 e. The molecule has 192 valence electrons. The average Bonchev–Trinajstić information content (AvgIpc) is 3.54. The summed E-state index contributed by atoms with van der Waals surface area (Å²) in [6.45, 7) is 2.09. The van der Waals surface area contributed by atoms with Crippen molar-refractivity contribution in [3.8, 4) is 0 Å². The van der Waals surface area contributed by atoms with Crippen LogP contribution in [0.25, 0.3) is 0 Å². The molecule has 0 bridgehead atoms. The number of carbonyl (C=O) groups is 3. The number of nitrogens with one attached hydrogen (secondary N) is 2. The zero-order valence-electron chi connectivity index (χ0n) is 20.4. The van der Waals surface area contributed by atoms with Crippen LogP contribution >= 0.6 is 0 Å². The normalized spacial score (nSPS) is 16.7. The standard InChI is InChI=1S/C29H24FN3O5/c1-18-5-2-6-19(15-18)17-33-25(28(35)32-23-8-3-7-21(30)16-23)26(38-29(33)36)20-10-12-22(13-11-20)31-27(34)24-9-4-14-37-24/h2-16,25-26H,17H2,1H3,(H,31,34)(H,32,35). The molecule has 1 aliphatic rings. The van der Waals surface area contributed by atoms with Crippen molar-refractivity contribution in [3.63, 3.8) is 0 Å². The number of hydrogen-bond donors (Lipinski definition) is 2. The summed E-state index contributed by atoms with van der Waals surface area (Å²) in [6.07, 6.45) is -0.175. The highest BCUT2D eigenvalue weighted by atomic mass is 19.1. The van der Waals surface area contributed by atoms with Gasteiger partial charge in [0.05, 0.1) is 12.8 Å². The Hall–Kier alpha value is -4.92. The van der Waals surface area contributed by atoms with E-state index in [1.54, 1.807) is 42.5 Å². The number of ether oxygens (including phenoxy) is 1. The first-order valence-corrected chi connectivity index (χ1v) is 11.9. The van der Waals surface area contributed by atoms with Gasteiger partial charge < -0.3 is 19.8 Å². The number of amides is 3. The van der Waals surface area contributed by atoms with E-state index in [9.17, 15) is 18.8 Å².